The molecule has 0 bridgehead atoms. The van der Waals surface area contributed by atoms with Crippen molar-refractivity contribution in [3.8, 4) is 33.8 Å². The monoisotopic (exact) mass is 723 g/mol. The standard InChI is InChI=1S/C54H45NO/c1-5-35(2)39(37-27-30-45-43(33-37)42-21-9-12-22-44(42)53(45,3)4)29-32-50(36-17-7-6-8-18-36)55-38-28-31-49-52(34-38)56-51-26-16-15-25-48(51)54(49)46-23-13-10-19-40(46)41-20-11-14-24-47(41)54/h7,9-31,33-34H,2,5-6,8,32H2,1,3-4H3/b39-29-,55-50?. The third kappa shape index (κ3) is 5.12. The summed E-state index contributed by atoms with van der Waals surface area (Å²) in [6.45, 7) is 11.4. The van der Waals surface area contributed by atoms with Crippen molar-refractivity contribution in [3.05, 3.63) is 214 Å². The summed E-state index contributed by atoms with van der Waals surface area (Å²) in [5.41, 5.74) is 19.0. The van der Waals surface area contributed by atoms with Crippen molar-refractivity contribution in [2.24, 2.45) is 4.99 Å². The molecular weight excluding hydrogens is 679 g/mol. The molecule has 0 atom stereocenters. The van der Waals surface area contributed by atoms with E-state index < -0.39 is 5.41 Å². The van der Waals surface area contributed by atoms with Crippen LogP contribution in [0.25, 0.3) is 27.8 Å². The fourth-order valence-corrected chi connectivity index (χ4v) is 9.87. The van der Waals surface area contributed by atoms with Crippen LogP contribution in [-0.2, 0) is 10.8 Å². The van der Waals surface area contributed by atoms with Crippen LogP contribution in [0.2, 0.25) is 0 Å². The van der Waals surface area contributed by atoms with Gasteiger partial charge in [0.25, 0.3) is 0 Å². The molecule has 1 spiro atoms. The molecule has 1 aliphatic heterocycles. The minimum absolute atomic E-state index is 0.0272. The summed E-state index contributed by atoms with van der Waals surface area (Å²) in [4.78, 5) is 5.45. The highest BCUT2D eigenvalue weighted by atomic mass is 16.5. The second-order valence-electron chi connectivity index (χ2n) is 16.0. The largest absolute Gasteiger partial charge is 0.457 e. The third-order valence-electron chi connectivity index (χ3n) is 12.6. The Balaban J connectivity index is 1.08. The lowest BCUT2D eigenvalue weighted by Gasteiger charge is -2.39. The number of benzene rings is 6. The Bertz CT molecular complexity index is 2690. The van der Waals surface area contributed by atoms with Crippen molar-refractivity contribution in [1.29, 1.82) is 0 Å². The highest BCUT2D eigenvalue weighted by Crippen LogP contribution is 2.62. The van der Waals surface area contributed by atoms with Crippen LogP contribution in [0.5, 0.6) is 11.5 Å². The molecule has 0 aromatic heterocycles. The number of allylic oxidation sites excluding steroid dienone is 7. The van der Waals surface area contributed by atoms with Crippen LogP contribution in [0, 0.1) is 0 Å². The smallest absolute Gasteiger partial charge is 0.134 e. The van der Waals surface area contributed by atoms with E-state index in [-0.39, 0.29) is 5.41 Å². The number of hydrogen-bond acceptors (Lipinski definition) is 2. The van der Waals surface area contributed by atoms with Gasteiger partial charge in [0.1, 0.15) is 11.5 Å². The summed E-state index contributed by atoms with van der Waals surface area (Å²) in [7, 11) is 0. The Kier molecular flexibility index (Phi) is 8.08. The van der Waals surface area contributed by atoms with Gasteiger partial charge in [-0.15, -0.1) is 0 Å². The maximum Gasteiger partial charge on any atom is 0.134 e. The lowest BCUT2D eigenvalue weighted by Crippen LogP contribution is -2.32. The summed E-state index contributed by atoms with van der Waals surface area (Å²) in [6.07, 6.45) is 12.8. The number of aliphatic imine (C=N–C) groups is 1. The molecule has 2 nitrogen and oxygen atoms in total. The summed E-state index contributed by atoms with van der Waals surface area (Å²) in [5, 5.41) is 0. The second kappa shape index (κ2) is 13.2. The van der Waals surface area contributed by atoms with Gasteiger partial charge in [0.05, 0.1) is 16.8 Å². The SMILES string of the molecule is C=C(CC)/C(=C/CC(=Nc1ccc2c(c1)Oc1ccccc1C21c2ccccc2-c2ccccc21)C1=CCCC=C1)c1ccc2c(c1)-c1ccccc1C2(C)C. The molecule has 0 saturated carbocycles. The van der Waals surface area contributed by atoms with Gasteiger partial charge in [-0.05, 0) is 104 Å². The molecule has 0 amide bonds. The van der Waals surface area contributed by atoms with Gasteiger partial charge in [0, 0.05) is 29.0 Å². The van der Waals surface area contributed by atoms with E-state index in [4.69, 9.17) is 9.73 Å². The van der Waals surface area contributed by atoms with Gasteiger partial charge in [-0.25, -0.2) is 0 Å². The van der Waals surface area contributed by atoms with Gasteiger partial charge in [-0.2, -0.15) is 0 Å². The van der Waals surface area contributed by atoms with E-state index in [1.54, 1.807) is 0 Å². The van der Waals surface area contributed by atoms with Gasteiger partial charge in [0.2, 0.25) is 0 Å². The molecule has 272 valence electrons. The average molecular weight is 724 g/mol. The van der Waals surface area contributed by atoms with Crippen molar-refractivity contribution >= 4 is 17.0 Å². The molecular formula is C54H45NO. The zero-order valence-electron chi connectivity index (χ0n) is 32.4. The van der Waals surface area contributed by atoms with Crippen molar-refractivity contribution in [2.45, 2.75) is 57.3 Å². The van der Waals surface area contributed by atoms with Crippen molar-refractivity contribution in [1.82, 2.24) is 0 Å². The number of nitrogens with zero attached hydrogens (tertiary/aromatic N) is 1. The summed E-state index contributed by atoms with van der Waals surface area (Å²) >= 11 is 0. The van der Waals surface area contributed by atoms with Gasteiger partial charge in [-0.3, -0.25) is 4.99 Å². The Labute approximate surface area is 331 Å². The Morgan fingerprint density at radius 3 is 1.96 bits per heavy atom. The molecule has 1 heterocycles. The van der Waals surface area contributed by atoms with Gasteiger partial charge in [0.15, 0.2) is 0 Å². The molecule has 6 aromatic carbocycles. The number of rotatable bonds is 7. The highest BCUT2D eigenvalue weighted by molar-refractivity contribution is 6.06. The molecule has 3 aliphatic carbocycles. The lowest BCUT2D eigenvalue weighted by atomic mass is 9.66. The molecule has 0 radical (unpaired) electrons. The molecule has 56 heavy (non-hydrogen) atoms. The van der Waals surface area contributed by atoms with Crippen LogP contribution in [0.4, 0.5) is 5.69 Å². The third-order valence-corrected chi connectivity index (χ3v) is 12.6. The van der Waals surface area contributed by atoms with E-state index in [0.29, 0.717) is 6.42 Å². The minimum atomic E-state index is -0.485. The van der Waals surface area contributed by atoms with Gasteiger partial charge >= 0.3 is 0 Å². The van der Waals surface area contributed by atoms with Crippen LogP contribution in [0.3, 0.4) is 0 Å². The first-order valence-electron chi connectivity index (χ1n) is 20.1. The van der Waals surface area contributed by atoms with Crippen LogP contribution in [-0.4, -0.2) is 5.71 Å². The highest BCUT2D eigenvalue weighted by Gasteiger charge is 2.51. The first-order chi connectivity index (χ1) is 27.4. The summed E-state index contributed by atoms with van der Waals surface area (Å²) < 4.78 is 6.82. The first kappa shape index (κ1) is 34.3. The Morgan fingerprint density at radius 1 is 0.661 bits per heavy atom. The summed E-state index contributed by atoms with van der Waals surface area (Å²) in [5.74, 6) is 1.73. The number of hydrogen-bond donors (Lipinski definition) is 0. The van der Waals surface area contributed by atoms with E-state index in [2.05, 4.69) is 185 Å². The van der Waals surface area contributed by atoms with E-state index >= 15 is 0 Å². The van der Waals surface area contributed by atoms with Crippen LogP contribution >= 0.6 is 0 Å². The number of para-hydroxylation sites is 1. The van der Waals surface area contributed by atoms with Crippen LogP contribution < -0.4 is 4.74 Å². The molecule has 10 rings (SSSR count). The first-order valence-corrected chi connectivity index (χ1v) is 20.1. The second-order valence-corrected chi connectivity index (χ2v) is 16.0. The van der Waals surface area contributed by atoms with Crippen molar-refractivity contribution in [3.63, 3.8) is 0 Å². The predicted octanol–water partition coefficient (Wildman–Crippen LogP) is 14.3. The quantitative estimate of drug-likeness (QED) is 0.118. The molecule has 0 saturated heterocycles. The molecule has 4 aliphatic rings. The van der Waals surface area contributed by atoms with E-state index in [1.807, 2.05) is 0 Å². The molecule has 2 heteroatoms. The maximum atomic E-state index is 6.82. The molecule has 0 N–H and O–H groups in total. The lowest BCUT2D eigenvalue weighted by molar-refractivity contribution is 0.436. The fourth-order valence-electron chi connectivity index (χ4n) is 9.87. The van der Waals surface area contributed by atoms with Crippen LogP contribution in [0.1, 0.15) is 85.4 Å². The predicted molar refractivity (Wildman–Crippen MR) is 233 cm³/mol. The Morgan fingerprint density at radius 2 is 1.27 bits per heavy atom. The minimum Gasteiger partial charge on any atom is -0.457 e. The van der Waals surface area contributed by atoms with E-state index in [1.165, 1.54) is 66.8 Å². The molecule has 0 unspecified atom stereocenters. The van der Waals surface area contributed by atoms with E-state index in [9.17, 15) is 0 Å². The fraction of sp³-hybridized carbons (Fsp3) is 0.167. The van der Waals surface area contributed by atoms with Crippen molar-refractivity contribution in [2.75, 3.05) is 0 Å². The number of ether oxygens (including phenoxy) is 1. The normalized spacial score (nSPS) is 16.5. The topological polar surface area (TPSA) is 21.6 Å². The number of fused-ring (bicyclic) bond motifs is 12. The van der Waals surface area contributed by atoms with Crippen LogP contribution in [0.15, 0.2) is 180 Å². The zero-order chi connectivity index (χ0) is 38.0. The zero-order valence-corrected chi connectivity index (χ0v) is 32.4. The molecule has 6 aromatic rings. The van der Waals surface area contributed by atoms with Crippen molar-refractivity contribution < 1.29 is 4.74 Å². The van der Waals surface area contributed by atoms with Gasteiger partial charge < -0.3 is 4.74 Å². The summed E-state index contributed by atoms with van der Waals surface area (Å²) in [6, 6.07) is 48.7. The maximum absolute atomic E-state index is 6.82. The van der Waals surface area contributed by atoms with Gasteiger partial charge in [-0.1, -0.05) is 161 Å². The van der Waals surface area contributed by atoms with E-state index in [0.717, 1.165) is 53.3 Å². The Hall–Kier alpha value is -6.25. The molecule has 0 fully saturated rings. The average Bonchev–Trinajstić information content (AvgIpc) is 3.66.